The van der Waals surface area contributed by atoms with Crippen molar-refractivity contribution in [3.05, 3.63) is 24.5 Å². The van der Waals surface area contributed by atoms with E-state index < -0.39 is 0 Å². The highest BCUT2D eigenvalue weighted by molar-refractivity contribution is 8.18. The molecule has 182 valence electrons. The normalized spacial score (nSPS) is 18.4. The molecule has 0 saturated carbocycles. The Hall–Kier alpha value is -0.0200. The first kappa shape index (κ1) is 29.0. The first-order valence-electron chi connectivity index (χ1n) is 12.9. The zero-order valence-corrected chi connectivity index (χ0v) is 23.4. The molecule has 0 radical (unpaired) electrons. The molecule has 0 aromatic heterocycles. The summed E-state index contributed by atoms with van der Waals surface area (Å²) in [4.78, 5) is 0. The van der Waals surface area contributed by atoms with Gasteiger partial charge in [0.25, 0.3) is 0 Å². The van der Waals surface area contributed by atoms with E-state index in [1.807, 2.05) is 6.92 Å². The summed E-state index contributed by atoms with van der Waals surface area (Å²) in [6, 6.07) is 0. The van der Waals surface area contributed by atoms with Gasteiger partial charge in [0.05, 0.1) is 16.4 Å². The second kappa shape index (κ2) is 14.3. The Labute approximate surface area is 204 Å². The van der Waals surface area contributed by atoms with E-state index in [1.165, 1.54) is 94.1 Å². The molecule has 1 atom stereocenters. The Morgan fingerprint density at radius 1 is 0.903 bits per heavy atom. The van der Waals surface area contributed by atoms with Crippen LogP contribution in [0.2, 0.25) is 0 Å². The van der Waals surface area contributed by atoms with Crippen molar-refractivity contribution in [2.75, 3.05) is 18.1 Å². The molecule has 0 aliphatic carbocycles. The van der Waals surface area contributed by atoms with Crippen molar-refractivity contribution in [3.63, 3.8) is 0 Å². The summed E-state index contributed by atoms with van der Waals surface area (Å²) < 4.78 is 6.16. The molecule has 0 aromatic rings. The van der Waals surface area contributed by atoms with Gasteiger partial charge in [0, 0.05) is 5.41 Å². The SMILES string of the molecule is C=C(OCC)C(C)(C)CCCCC1(CCCCC(C)(CC)C(=C)CCC)SCCCS1. The van der Waals surface area contributed by atoms with Crippen LogP contribution in [-0.4, -0.2) is 22.2 Å². The quantitative estimate of drug-likeness (QED) is 0.119. The van der Waals surface area contributed by atoms with Crippen molar-refractivity contribution < 1.29 is 4.74 Å². The largest absolute Gasteiger partial charge is 0.498 e. The molecule has 3 heteroatoms. The fourth-order valence-electron chi connectivity index (χ4n) is 4.62. The van der Waals surface area contributed by atoms with E-state index in [9.17, 15) is 0 Å². The van der Waals surface area contributed by atoms with Gasteiger partial charge < -0.3 is 4.74 Å². The van der Waals surface area contributed by atoms with Crippen molar-refractivity contribution in [1.82, 2.24) is 0 Å². The molecule has 1 unspecified atom stereocenters. The maximum absolute atomic E-state index is 5.70. The summed E-state index contributed by atoms with van der Waals surface area (Å²) in [5.74, 6) is 3.65. The highest BCUT2D eigenvalue weighted by Crippen LogP contribution is 2.50. The average Bonchev–Trinajstić information content (AvgIpc) is 2.75. The van der Waals surface area contributed by atoms with Crippen LogP contribution in [0.1, 0.15) is 119 Å². The number of allylic oxidation sites excluding steroid dienone is 2. The van der Waals surface area contributed by atoms with Gasteiger partial charge in [0.15, 0.2) is 0 Å². The molecular formula is C28H52OS2. The van der Waals surface area contributed by atoms with Gasteiger partial charge in [0.2, 0.25) is 0 Å². The third-order valence-corrected chi connectivity index (χ3v) is 11.0. The van der Waals surface area contributed by atoms with E-state index in [0.717, 1.165) is 12.4 Å². The molecule has 0 spiro atoms. The van der Waals surface area contributed by atoms with Gasteiger partial charge in [-0.2, -0.15) is 0 Å². The molecule has 1 heterocycles. The second-order valence-corrected chi connectivity index (χ2v) is 13.6. The van der Waals surface area contributed by atoms with Gasteiger partial charge >= 0.3 is 0 Å². The highest BCUT2D eigenvalue weighted by Gasteiger charge is 2.33. The number of hydrogen-bond acceptors (Lipinski definition) is 3. The van der Waals surface area contributed by atoms with E-state index in [0.29, 0.717) is 9.49 Å². The fraction of sp³-hybridized carbons (Fsp3) is 0.857. The maximum atomic E-state index is 5.70. The van der Waals surface area contributed by atoms with Crippen LogP contribution < -0.4 is 0 Å². The zero-order valence-electron chi connectivity index (χ0n) is 21.7. The first-order valence-corrected chi connectivity index (χ1v) is 14.9. The van der Waals surface area contributed by atoms with Crippen molar-refractivity contribution >= 4 is 23.5 Å². The summed E-state index contributed by atoms with van der Waals surface area (Å²) in [6.07, 6.45) is 15.5. The lowest BCUT2D eigenvalue weighted by Crippen LogP contribution is -2.26. The lowest BCUT2D eigenvalue weighted by Gasteiger charge is -2.37. The molecule has 31 heavy (non-hydrogen) atoms. The van der Waals surface area contributed by atoms with Crippen molar-refractivity contribution in [2.24, 2.45) is 10.8 Å². The van der Waals surface area contributed by atoms with Crippen LogP contribution in [0.3, 0.4) is 0 Å². The Morgan fingerprint density at radius 3 is 2.00 bits per heavy atom. The minimum absolute atomic E-state index is 0.0848. The predicted octanol–water partition coefficient (Wildman–Crippen LogP) is 10.0. The van der Waals surface area contributed by atoms with E-state index in [2.05, 4.69) is 71.3 Å². The summed E-state index contributed by atoms with van der Waals surface area (Å²) in [7, 11) is 0. The van der Waals surface area contributed by atoms with E-state index in [-0.39, 0.29) is 5.41 Å². The van der Waals surface area contributed by atoms with Crippen LogP contribution in [0.5, 0.6) is 0 Å². The van der Waals surface area contributed by atoms with Gasteiger partial charge in [0.1, 0.15) is 0 Å². The maximum Gasteiger partial charge on any atom is 0.0944 e. The van der Waals surface area contributed by atoms with Crippen LogP contribution in [0.4, 0.5) is 0 Å². The monoisotopic (exact) mass is 468 g/mol. The van der Waals surface area contributed by atoms with E-state index in [4.69, 9.17) is 4.74 Å². The van der Waals surface area contributed by atoms with Crippen molar-refractivity contribution in [1.29, 1.82) is 0 Å². The molecule has 1 rings (SSSR count). The molecule has 0 N–H and O–H groups in total. The molecule has 1 aliphatic heterocycles. The van der Waals surface area contributed by atoms with Gasteiger partial charge in [-0.05, 0) is 68.8 Å². The molecular weight excluding hydrogens is 416 g/mol. The van der Waals surface area contributed by atoms with Gasteiger partial charge in [-0.1, -0.05) is 85.5 Å². The third kappa shape index (κ3) is 9.78. The summed E-state index contributed by atoms with van der Waals surface area (Å²) in [6.45, 7) is 23.0. The van der Waals surface area contributed by atoms with Crippen LogP contribution in [0.25, 0.3) is 0 Å². The number of unbranched alkanes of at least 4 members (excludes halogenated alkanes) is 2. The fourth-order valence-corrected chi connectivity index (χ4v) is 8.11. The number of thioether (sulfide) groups is 2. The summed E-state index contributed by atoms with van der Waals surface area (Å²) >= 11 is 4.53. The van der Waals surface area contributed by atoms with E-state index >= 15 is 0 Å². The number of ether oxygens (including phenoxy) is 1. The first-order chi connectivity index (χ1) is 14.6. The molecule has 1 saturated heterocycles. The van der Waals surface area contributed by atoms with Gasteiger partial charge in [-0.25, -0.2) is 0 Å². The van der Waals surface area contributed by atoms with Crippen molar-refractivity contribution in [3.8, 4) is 0 Å². The number of rotatable bonds is 17. The molecule has 1 nitrogen and oxygen atoms in total. The highest BCUT2D eigenvalue weighted by atomic mass is 32.2. The molecule has 0 aromatic carbocycles. The van der Waals surface area contributed by atoms with Crippen molar-refractivity contribution in [2.45, 2.75) is 123 Å². The minimum Gasteiger partial charge on any atom is -0.498 e. The predicted molar refractivity (Wildman–Crippen MR) is 146 cm³/mol. The second-order valence-electron chi connectivity index (χ2n) is 10.4. The van der Waals surface area contributed by atoms with Crippen LogP contribution in [0, 0.1) is 10.8 Å². The Morgan fingerprint density at radius 2 is 1.48 bits per heavy atom. The molecule has 1 fully saturated rings. The topological polar surface area (TPSA) is 9.23 Å². The zero-order chi connectivity index (χ0) is 23.4. The molecule has 0 bridgehead atoms. The lowest BCUT2D eigenvalue weighted by atomic mass is 9.74. The molecule has 1 aliphatic rings. The summed E-state index contributed by atoms with van der Waals surface area (Å²) in [5.41, 5.74) is 1.90. The smallest absolute Gasteiger partial charge is 0.0944 e. The Balaban J connectivity index is 2.51. The van der Waals surface area contributed by atoms with Gasteiger partial charge in [-0.15, -0.1) is 23.5 Å². The van der Waals surface area contributed by atoms with E-state index in [1.54, 1.807) is 0 Å². The number of hydrogen-bond donors (Lipinski definition) is 0. The Bertz CT molecular complexity index is 533. The van der Waals surface area contributed by atoms with Gasteiger partial charge in [-0.3, -0.25) is 0 Å². The minimum atomic E-state index is 0.0848. The standard InChI is InChI=1S/C28H52OS2/c1-9-17-24(4)27(8,10-2)19-13-15-21-28(30-22-16-23-31-28)20-14-12-18-26(6,7)25(5)29-11-3/h4-5,9-23H2,1-3,6-8H3. The third-order valence-electron chi connectivity index (χ3n) is 7.42. The van der Waals surface area contributed by atoms with Crippen LogP contribution in [0.15, 0.2) is 24.5 Å². The summed E-state index contributed by atoms with van der Waals surface area (Å²) in [5, 5.41) is 0. The van der Waals surface area contributed by atoms with Crippen LogP contribution in [-0.2, 0) is 4.74 Å². The lowest BCUT2D eigenvalue weighted by molar-refractivity contribution is 0.148. The van der Waals surface area contributed by atoms with Crippen LogP contribution >= 0.6 is 23.5 Å². The average molecular weight is 469 g/mol. The Kier molecular flexibility index (Phi) is 13.4. The molecule has 0 amide bonds.